The molecule has 1 fully saturated rings. The molecule has 3 atom stereocenters. The Labute approximate surface area is 151 Å². The number of pyridine rings is 1. The molecule has 3 rings (SSSR count). The van der Waals surface area contributed by atoms with E-state index in [4.69, 9.17) is 0 Å². The van der Waals surface area contributed by atoms with Gasteiger partial charge in [-0.05, 0) is 61.9 Å². The fourth-order valence-corrected chi connectivity index (χ4v) is 5.48. The van der Waals surface area contributed by atoms with Crippen LogP contribution in [0.2, 0.25) is 0 Å². The summed E-state index contributed by atoms with van der Waals surface area (Å²) in [7, 11) is -0.899. The number of rotatable bonds is 4. The number of nitrogens with zero attached hydrogens (tertiary/aromatic N) is 1. The molecule has 1 heterocycles. The first kappa shape index (κ1) is 17.7. The molecule has 1 aliphatic rings. The van der Waals surface area contributed by atoms with E-state index in [1.807, 2.05) is 23.9 Å². The summed E-state index contributed by atoms with van der Waals surface area (Å²) >= 11 is 1.93. The Balaban J connectivity index is 1.74. The minimum Gasteiger partial charge on any atom is -0.255 e. The third-order valence-electron chi connectivity index (χ3n) is 4.83. The topological polar surface area (TPSA) is 30.0 Å². The van der Waals surface area contributed by atoms with Gasteiger partial charge in [-0.15, -0.1) is 0 Å². The van der Waals surface area contributed by atoms with E-state index < -0.39 is 10.8 Å². The summed E-state index contributed by atoms with van der Waals surface area (Å²) in [5, 5.41) is 1.13. The van der Waals surface area contributed by atoms with Crippen molar-refractivity contribution in [2.75, 3.05) is 6.26 Å². The zero-order valence-electron chi connectivity index (χ0n) is 14.6. The summed E-state index contributed by atoms with van der Waals surface area (Å²) in [5.74, 6) is 0.584. The molecular weight excluding hydrogens is 334 g/mol. The smallest absolute Gasteiger partial charge is 0.0968 e. The maximum absolute atomic E-state index is 11.6. The van der Waals surface area contributed by atoms with Crippen LogP contribution in [0.15, 0.2) is 52.4 Å². The second kappa shape index (κ2) is 7.40. The molecule has 0 saturated heterocycles. The number of benzene rings is 1. The van der Waals surface area contributed by atoms with E-state index >= 15 is 0 Å². The lowest BCUT2D eigenvalue weighted by atomic mass is 9.78. The van der Waals surface area contributed by atoms with Crippen LogP contribution in [0, 0.1) is 6.92 Å². The van der Waals surface area contributed by atoms with Gasteiger partial charge in [-0.1, -0.05) is 43.3 Å². The van der Waals surface area contributed by atoms with Crippen molar-refractivity contribution in [1.29, 1.82) is 0 Å². The van der Waals surface area contributed by atoms with Gasteiger partial charge in [-0.3, -0.25) is 4.21 Å². The quantitative estimate of drug-likeness (QED) is 0.738. The van der Waals surface area contributed by atoms with Gasteiger partial charge in [0, 0.05) is 32.4 Å². The van der Waals surface area contributed by atoms with Crippen LogP contribution in [-0.2, 0) is 10.8 Å². The molecule has 0 amide bonds. The molecule has 3 unspecified atom stereocenters. The number of thioether (sulfide) groups is 1. The standard InChI is InChI=1S/C20H25NOS2/c1-15-6-4-8-19(21-15)23-20(2)13-5-7-17(14-20)16-9-11-18(12-10-16)24(3)22/h4,6,8-12,17H,5,7,13-14H2,1-3H3. The summed E-state index contributed by atoms with van der Waals surface area (Å²) in [4.78, 5) is 5.58. The molecule has 0 spiro atoms. The van der Waals surface area contributed by atoms with Gasteiger partial charge in [0.2, 0.25) is 0 Å². The molecule has 4 heteroatoms. The van der Waals surface area contributed by atoms with Gasteiger partial charge >= 0.3 is 0 Å². The van der Waals surface area contributed by atoms with Crippen LogP contribution in [0.4, 0.5) is 0 Å². The van der Waals surface area contributed by atoms with E-state index in [-0.39, 0.29) is 4.75 Å². The fourth-order valence-electron chi connectivity index (χ4n) is 3.58. The first-order chi connectivity index (χ1) is 11.5. The first-order valence-corrected chi connectivity index (χ1v) is 10.9. The third-order valence-corrected chi connectivity index (χ3v) is 7.07. The average molecular weight is 360 g/mol. The van der Waals surface area contributed by atoms with Crippen LogP contribution in [0.3, 0.4) is 0 Å². The number of aryl methyl sites for hydroxylation is 1. The largest absolute Gasteiger partial charge is 0.255 e. The highest BCUT2D eigenvalue weighted by molar-refractivity contribution is 8.00. The first-order valence-electron chi connectivity index (χ1n) is 8.51. The van der Waals surface area contributed by atoms with E-state index in [2.05, 4.69) is 49.2 Å². The molecule has 2 aromatic rings. The molecule has 0 bridgehead atoms. The molecule has 0 radical (unpaired) electrons. The van der Waals surface area contributed by atoms with Crippen LogP contribution >= 0.6 is 11.8 Å². The second-order valence-corrected chi connectivity index (χ2v) is 9.97. The van der Waals surface area contributed by atoms with Crippen LogP contribution < -0.4 is 0 Å². The van der Waals surface area contributed by atoms with Crippen molar-refractivity contribution in [3.05, 3.63) is 53.7 Å². The van der Waals surface area contributed by atoms with Gasteiger partial charge in [0.25, 0.3) is 0 Å². The van der Waals surface area contributed by atoms with Gasteiger partial charge in [0.15, 0.2) is 0 Å². The fraction of sp³-hybridized carbons (Fsp3) is 0.450. The summed E-state index contributed by atoms with van der Waals surface area (Å²) < 4.78 is 11.8. The normalized spacial score (nSPS) is 25.4. The van der Waals surface area contributed by atoms with Gasteiger partial charge in [-0.2, -0.15) is 0 Å². The molecule has 1 aromatic carbocycles. The Kier molecular flexibility index (Phi) is 5.46. The van der Waals surface area contributed by atoms with Crippen LogP contribution in [0.5, 0.6) is 0 Å². The molecule has 0 N–H and O–H groups in total. The average Bonchev–Trinajstić information content (AvgIpc) is 2.54. The lowest BCUT2D eigenvalue weighted by Crippen LogP contribution is -2.28. The minimum absolute atomic E-state index is 0.232. The van der Waals surface area contributed by atoms with Crippen molar-refractivity contribution < 1.29 is 4.21 Å². The Morgan fingerprint density at radius 3 is 2.62 bits per heavy atom. The van der Waals surface area contributed by atoms with Crippen molar-refractivity contribution in [2.24, 2.45) is 0 Å². The van der Waals surface area contributed by atoms with Crippen molar-refractivity contribution >= 4 is 22.6 Å². The van der Waals surface area contributed by atoms with E-state index in [1.54, 1.807) is 6.26 Å². The molecule has 1 saturated carbocycles. The van der Waals surface area contributed by atoms with E-state index in [0.29, 0.717) is 5.92 Å². The molecule has 0 aliphatic heterocycles. The zero-order chi connectivity index (χ0) is 17.2. The Morgan fingerprint density at radius 1 is 1.21 bits per heavy atom. The maximum Gasteiger partial charge on any atom is 0.0968 e. The lowest BCUT2D eigenvalue weighted by molar-refractivity contribution is 0.376. The monoisotopic (exact) mass is 359 g/mol. The summed E-state index contributed by atoms with van der Waals surface area (Å²) in [6.07, 6.45) is 6.63. The highest BCUT2D eigenvalue weighted by Crippen LogP contribution is 2.48. The number of aromatic nitrogens is 1. The summed E-state index contributed by atoms with van der Waals surface area (Å²) in [6, 6.07) is 14.6. The zero-order valence-corrected chi connectivity index (χ0v) is 16.3. The SMILES string of the molecule is Cc1cccc(SC2(C)CCCC(c3ccc(S(C)=O)cc3)C2)n1. The highest BCUT2D eigenvalue weighted by Gasteiger charge is 2.34. The maximum atomic E-state index is 11.6. The van der Waals surface area contributed by atoms with Gasteiger partial charge < -0.3 is 0 Å². The Bertz CT molecular complexity index is 729. The van der Waals surface area contributed by atoms with Crippen LogP contribution in [-0.4, -0.2) is 20.2 Å². The minimum atomic E-state index is -0.899. The van der Waals surface area contributed by atoms with Crippen LogP contribution in [0.1, 0.15) is 49.8 Å². The van der Waals surface area contributed by atoms with Crippen molar-refractivity contribution in [3.63, 3.8) is 0 Å². The lowest BCUT2D eigenvalue weighted by Gasteiger charge is -2.37. The molecule has 24 heavy (non-hydrogen) atoms. The van der Waals surface area contributed by atoms with E-state index in [1.165, 1.54) is 31.2 Å². The molecule has 1 aliphatic carbocycles. The molecule has 2 nitrogen and oxygen atoms in total. The van der Waals surface area contributed by atoms with E-state index in [0.717, 1.165) is 15.6 Å². The molecular formula is C20H25NOS2. The highest BCUT2D eigenvalue weighted by atomic mass is 32.2. The Hall–Kier alpha value is -1.13. The van der Waals surface area contributed by atoms with Crippen molar-refractivity contribution in [2.45, 2.75) is 60.1 Å². The Morgan fingerprint density at radius 2 is 1.96 bits per heavy atom. The van der Waals surface area contributed by atoms with Gasteiger partial charge in [0.1, 0.15) is 0 Å². The number of hydrogen-bond acceptors (Lipinski definition) is 3. The predicted molar refractivity (Wildman–Crippen MR) is 103 cm³/mol. The summed E-state index contributed by atoms with van der Waals surface area (Å²) in [6.45, 7) is 4.43. The molecule has 1 aromatic heterocycles. The third kappa shape index (κ3) is 4.28. The van der Waals surface area contributed by atoms with Gasteiger partial charge in [-0.25, -0.2) is 4.98 Å². The van der Waals surface area contributed by atoms with Crippen molar-refractivity contribution in [1.82, 2.24) is 4.98 Å². The van der Waals surface area contributed by atoms with Crippen molar-refractivity contribution in [3.8, 4) is 0 Å². The predicted octanol–water partition coefficient (Wildman–Crippen LogP) is 5.34. The van der Waals surface area contributed by atoms with Gasteiger partial charge in [0.05, 0.1) is 5.03 Å². The summed E-state index contributed by atoms with van der Waals surface area (Å²) in [5.41, 5.74) is 2.46. The van der Waals surface area contributed by atoms with E-state index in [9.17, 15) is 4.21 Å². The van der Waals surface area contributed by atoms with Crippen LogP contribution in [0.25, 0.3) is 0 Å². The molecule has 128 valence electrons. The number of hydrogen-bond donors (Lipinski definition) is 0. The second-order valence-electron chi connectivity index (χ2n) is 6.99.